The molecule has 3 heterocycles. The first kappa shape index (κ1) is 30.3. The number of piperidine rings is 1. The van der Waals surface area contributed by atoms with E-state index in [4.69, 9.17) is 10.5 Å². The summed E-state index contributed by atoms with van der Waals surface area (Å²) >= 11 is 0. The number of imidazole rings is 1. The number of hydrogen-bond acceptors (Lipinski definition) is 8. The minimum atomic E-state index is -1.43. The highest BCUT2D eigenvalue weighted by atomic mass is 19.1. The normalized spacial score (nSPS) is 22.8. The van der Waals surface area contributed by atoms with Crippen LogP contribution < -0.4 is 16.4 Å². The molecule has 1 aliphatic heterocycles. The first-order valence-corrected chi connectivity index (χ1v) is 14.1. The van der Waals surface area contributed by atoms with Crippen LogP contribution in [0.3, 0.4) is 0 Å². The lowest BCUT2D eigenvalue weighted by molar-refractivity contribution is -0.122. The molecule has 0 unspecified atom stereocenters. The summed E-state index contributed by atoms with van der Waals surface area (Å²) in [5.41, 5.74) is 4.81. The van der Waals surface area contributed by atoms with Crippen LogP contribution in [0.25, 0.3) is 11.2 Å². The highest BCUT2D eigenvalue weighted by molar-refractivity contribution is 5.78. The number of carbonyl (C=O) groups excluding carboxylic acids is 2. The first-order valence-electron chi connectivity index (χ1n) is 14.1. The molecule has 2 atom stereocenters. The fraction of sp³-hybridized carbons (Fsp3) is 0.536. The Bertz CT molecular complexity index is 1500. The van der Waals surface area contributed by atoms with Crippen molar-refractivity contribution in [1.29, 1.82) is 0 Å². The number of halogens is 4. The minimum Gasteiger partial charge on any atom is -0.444 e. The fourth-order valence-corrected chi connectivity index (χ4v) is 5.51. The van der Waals surface area contributed by atoms with Gasteiger partial charge in [0, 0.05) is 30.6 Å². The van der Waals surface area contributed by atoms with E-state index in [2.05, 4.69) is 25.6 Å². The van der Waals surface area contributed by atoms with E-state index in [1.807, 2.05) is 0 Å². The smallest absolute Gasteiger partial charge is 0.410 e. The van der Waals surface area contributed by atoms with Gasteiger partial charge in [0.15, 0.2) is 17.3 Å². The van der Waals surface area contributed by atoms with Gasteiger partial charge in [-0.2, -0.15) is 4.98 Å². The van der Waals surface area contributed by atoms with Crippen molar-refractivity contribution in [2.24, 2.45) is 11.7 Å². The van der Waals surface area contributed by atoms with Crippen LogP contribution in [0.2, 0.25) is 0 Å². The van der Waals surface area contributed by atoms with Gasteiger partial charge in [0.05, 0.1) is 18.8 Å². The maximum Gasteiger partial charge on any atom is 0.410 e. The second kappa shape index (κ2) is 11.8. The monoisotopic (exact) mass is 606 g/mol. The van der Waals surface area contributed by atoms with E-state index in [9.17, 15) is 22.8 Å². The average molecular weight is 607 g/mol. The zero-order valence-corrected chi connectivity index (χ0v) is 24.0. The van der Waals surface area contributed by atoms with E-state index in [1.54, 1.807) is 25.3 Å². The minimum absolute atomic E-state index is 0.0439. The average Bonchev–Trinajstić information content (AvgIpc) is 3.28. The van der Waals surface area contributed by atoms with Gasteiger partial charge in [0.2, 0.25) is 17.8 Å². The summed E-state index contributed by atoms with van der Waals surface area (Å²) in [5.74, 6) is -3.90. The van der Waals surface area contributed by atoms with E-state index in [1.165, 1.54) is 11.1 Å². The lowest BCUT2D eigenvalue weighted by Gasteiger charge is -2.35. The molecule has 2 amide bonds. The van der Waals surface area contributed by atoms with Crippen molar-refractivity contribution in [3.8, 4) is 0 Å². The summed E-state index contributed by atoms with van der Waals surface area (Å²) in [7, 11) is 0. The molecule has 0 spiro atoms. The maximum absolute atomic E-state index is 15.2. The van der Waals surface area contributed by atoms with Crippen molar-refractivity contribution < 1.29 is 31.9 Å². The number of nitrogens with one attached hydrogen (secondary N) is 2. The van der Waals surface area contributed by atoms with Gasteiger partial charge in [0.25, 0.3) is 0 Å². The standard InChI is InChI=1S/C28H34F4N8O3/c1-28(2,3)43-27(42)39-9-8-20(19(32)13-39)35-25-34-12-21-24(38-25)40(16-6-4-14(5-7-16)23(33)41)26(36-21)37-22-17(30)10-15(29)11-18(22)31/h10-12,14,16,19-20H,4-9,13H2,1-3H3,(H2,33,41)(H,36,37)(H,34,35,38)/t14?,16?,19-,20-/m0/s1. The summed E-state index contributed by atoms with van der Waals surface area (Å²) in [6.45, 7) is 5.31. The molecule has 1 aromatic carbocycles. The Kier molecular flexibility index (Phi) is 8.34. The van der Waals surface area contributed by atoms with Crippen LogP contribution in [-0.4, -0.2) is 67.3 Å². The SMILES string of the molecule is CC(C)(C)OC(=O)N1CC[C@H](Nc2ncc3nc(Nc4c(F)cc(F)cc4F)n(C4CCC(C(N)=O)CC4)c3n2)[C@@H](F)C1. The fourth-order valence-electron chi connectivity index (χ4n) is 5.51. The van der Waals surface area contributed by atoms with Crippen molar-refractivity contribution >= 4 is 40.7 Å². The molecule has 11 nitrogen and oxygen atoms in total. The molecule has 2 aliphatic rings. The molecule has 0 bridgehead atoms. The van der Waals surface area contributed by atoms with Crippen LogP contribution in [0.15, 0.2) is 18.3 Å². The zero-order chi connectivity index (χ0) is 31.1. The molecule has 4 N–H and O–H groups in total. The summed E-state index contributed by atoms with van der Waals surface area (Å²) < 4.78 is 64.8. The number of primary amides is 1. The predicted octanol–water partition coefficient (Wildman–Crippen LogP) is 4.96. The van der Waals surface area contributed by atoms with Gasteiger partial charge in [-0.3, -0.25) is 9.36 Å². The molecule has 232 valence electrons. The number of benzene rings is 1. The van der Waals surface area contributed by atoms with Crippen LogP contribution in [0.1, 0.15) is 58.9 Å². The molecular formula is C28H34F4N8O3. The molecule has 43 heavy (non-hydrogen) atoms. The molecule has 1 saturated carbocycles. The molecule has 15 heteroatoms. The Hall–Kier alpha value is -4.17. The lowest BCUT2D eigenvalue weighted by Crippen LogP contribution is -2.51. The largest absolute Gasteiger partial charge is 0.444 e. The number of carbonyl (C=O) groups is 2. The third-order valence-electron chi connectivity index (χ3n) is 7.65. The Morgan fingerprint density at radius 2 is 1.72 bits per heavy atom. The maximum atomic E-state index is 15.2. The molecule has 2 fully saturated rings. The van der Waals surface area contributed by atoms with E-state index in [0.29, 0.717) is 49.0 Å². The number of nitrogens with two attached hydrogens (primary N) is 1. The molecule has 5 rings (SSSR count). The first-order chi connectivity index (χ1) is 20.3. The van der Waals surface area contributed by atoms with Gasteiger partial charge in [-0.15, -0.1) is 0 Å². The van der Waals surface area contributed by atoms with Crippen LogP contribution in [-0.2, 0) is 9.53 Å². The number of fused-ring (bicyclic) bond motifs is 1. The Balaban J connectivity index is 1.41. The van der Waals surface area contributed by atoms with Crippen molar-refractivity contribution in [2.45, 2.75) is 76.7 Å². The Labute approximate surface area is 245 Å². The van der Waals surface area contributed by atoms with Gasteiger partial charge < -0.3 is 26.0 Å². The van der Waals surface area contributed by atoms with Crippen molar-refractivity contribution in [2.75, 3.05) is 23.7 Å². The Morgan fingerprint density at radius 3 is 2.33 bits per heavy atom. The third-order valence-corrected chi connectivity index (χ3v) is 7.65. The van der Waals surface area contributed by atoms with Gasteiger partial charge in [-0.05, 0) is 52.9 Å². The number of aromatic nitrogens is 4. The van der Waals surface area contributed by atoms with Crippen LogP contribution >= 0.6 is 0 Å². The third kappa shape index (κ3) is 6.75. The zero-order valence-electron chi connectivity index (χ0n) is 24.0. The lowest BCUT2D eigenvalue weighted by atomic mass is 9.85. The van der Waals surface area contributed by atoms with Crippen molar-refractivity contribution in [3.05, 3.63) is 35.8 Å². The molecule has 2 aromatic heterocycles. The topological polar surface area (TPSA) is 140 Å². The van der Waals surface area contributed by atoms with Gasteiger partial charge >= 0.3 is 6.09 Å². The van der Waals surface area contributed by atoms with Crippen molar-refractivity contribution in [1.82, 2.24) is 24.4 Å². The number of ether oxygens (including phenoxy) is 1. The van der Waals surface area contributed by atoms with E-state index >= 15 is 4.39 Å². The number of likely N-dealkylation sites (tertiary alicyclic amines) is 1. The van der Waals surface area contributed by atoms with E-state index in [-0.39, 0.29) is 43.4 Å². The van der Waals surface area contributed by atoms with Gasteiger partial charge in [-0.25, -0.2) is 32.3 Å². The van der Waals surface area contributed by atoms with Crippen LogP contribution in [0, 0.1) is 23.4 Å². The summed E-state index contributed by atoms with van der Waals surface area (Å²) in [4.78, 5) is 38.8. The van der Waals surface area contributed by atoms with E-state index in [0.717, 1.165) is 0 Å². The second-order valence-corrected chi connectivity index (χ2v) is 12.0. The van der Waals surface area contributed by atoms with Gasteiger partial charge in [-0.1, -0.05) is 0 Å². The Morgan fingerprint density at radius 1 is 1.05 bits per heavy atom. The molecular weight excluding hydrogens is 572 g/mol. The molecule has 1 aliphatic carbocycles. The quantitative estimate of drug-likeness (QED) is 0.335. The van der Waals surface area contributed by atoms with E-state index < -0.39 is 53.0 Å². The van der Waals surface area contributed by atoms with Crippen molar-refractivity contribution in [3.63, 3.8) is 0 Å². The highest BCUT2D eigenvalue weighted by Gasteiger charge is 2.35. The summed E-state index contributed by atoms with van der Waals surface area (Å²) in [6.07, 6.45) is 1.65. The van der Waals surface area contributed by atoms with Gasteiger partial charge in [0.1, 0.15) is 28.8 Å². The summed E-state index contributed by atoms with van der Waals surface area (Å²) in [6, 6.07) is 0.140. The second-order valence-electron chi connectivity index (χ2n) is 12.0. The predicted molar refractivity (Wildman–Crippen MR) is 150 cm³/mol. The summed E-state index contributed by atoms with van der Waals surface area (Å²) in [5, 5.41) is 5.65. The number of alkyl halides is 1. The number of rotatable bonds is 6. The molecule has 3 aromatic rings. The number of anilines is 3. The number of nitrogens with zero attached hydrogens (tertiary/aromatic N) is 5. The highest BCUT2D eigenvalue weighted by Crippen LogP contribution is 2.37. The molecule has 1 saturated heterocycles. The molecule has 0 radical (unpaired) electrons. The van der Waals surface area contributed by atoms with Crippen LogP contribution in [0.4, 0.5) is 39.9 Å². The van der Waals surface area contributed by atoms with Crippen LogP contribution in [0.5, 0.6) is 0 Å². The number of amides is 2. The number of hydrogen-bond donors (Lipinski definition) is 3.